The van der Waals surface area contributed by atoms with Crippen LogP contribution >= 0.6 is 23.4 Å². The van der Waals surface area contributed by atoms with E-state index in [0.29, 0.717) is 12.5 Å². The molecule has 0 spiro atoms. The summed E-state index contributed by atoms with van der Waals surface area (Å²) in [5, 5.41) is 0.779. The monoisotopic (exact) mass is 229 g/mol. The molecule has 0 atom stereocenters. The summed E-state index contributed by atoms with van der Waals surface area (Å²) in [6.45, 7) is 4.93. The van der Waals surface area contributed by atoms with Gasteiger partial charge in [-0.05, 0) is 23.6 Å². The maximum atomic E-state index is 6.05. The predicted octanol–water partition coefficient (Wildman–Crippen LogP) is 3.55. The molecule has 0 amide bonds. The van der Waals surface area contributed by atoms with E-state index in [9.17, 15) is 0 Å². The van der Waals surface area contributed by atoms with E-state index in [2.05, 4.69) is 19.9 Å². The molecule has 1 aromatic rings. The number of nitrogens with two attached hydrogens (primary N) is 1. The van der Waals surface area contributed by atoms with Gasteiger partial charge in [0.15, 0.2) is 0 Å². The summed E-state index contributed by atoms with van der Waals surface area (Å²) in [4.78, 5) is 1.22. The Morgan fingerprint density at radius 2 is 2.14 bits per heavy atom. The molecule has 3 heteroatoms. The molecule has 0 aliphatic carbocycles. The van der Waals surface area contributed by atoms with Gasteiger partial charge in [-0.2, -0.15) is 0 Å². The number of hydrogen-bond donors (Lipinski definition) is 1. The lowest BCUT2D eigenvalue weighted by Crippen LogP contribution is -2.00. The average Bonchev–Trinajstić information content (AvgIpc) is 2.14. The van der Waals surface area contributed by atoms with Gasteiger partial charge >= 0.3 is 0 Å². The van der Waals surface area contributed by atoms with Crippen LogP contribution in [0.1, 0.15) is 19.4 Å². The third kappa shape index (κ3) is 3.19. The van der Waals surface area contributed by atoms with Crippen LogP contribution in [-0.2, 0) is 6.54 Å². The van der Waals surface area contributed by atoms with Crippen molar-refractivity contribution in [1.29, 1.82) is 0 Å². The second-order valence-electron chi connectivity index (χ2n) is 3.63. The highest BCUT2D eigenvalue weighted by Gasteiger charge is 2.06. The van der Waals surface area contributed by atoms with E-state index in [1.54, 1.807) is 0 Å². The molecule has 14 heavy (non-hydrogen) atoms. The Kier molecular flexibility index (Phi) is 4.79. The summed E-state index contributed by atoms with van der Waals surface area (Å²) in [6.07, 6.45) is 0. The molecule has 1 nitrogen and oxygen atoms in total. The van der Waals surface area contributed by atoms with Gasteiger partial charge in [-0.1, -0.05) is 31.5 Å². The topological polar surface area (TPSA) is 26.0 Å². The fourth-order valence-corrected chi connectivity index (χ4v) is 2.49. The molecule has 0 aromatic heterocycles. The molecule has 0 heterocycles. The van der Waals surface area contributed by atoms with E-state index in [1.165, 1.54) is 4.90 Å². The van der Waals surface area contributed by atoms with Crippen LogP contribution in [0.2, 0.25) is 5.02 Å². The molecule has 2 N–H and O–H groups in total. The predicted molar refractivity (Wildman–Crippen MR) is 64.9 cm³/mol. The Labute approximate surface area is 95.0 Å². The van der Waals surface area contributed by atoms with Crippen molar-refractivity contribution >= 4 is 23.4 Å². The lowest BCUT2D eigenvalue weighted by atomic mass is 10.2. The molecular formula is C11H16ClNS. The summed E-state index contributed by atoms with van der Waals surface area (Å²) in [6, 6.07) is 5.95. The van der Waals surface area contributed by atoms with Crippen LogP contribution in [0.25, 0.3) is 0 Å². The van der Waals surface area contributed by atoms with E-state index in [4.69, 9.17) is 17.3 Å². The Balaban J connectivity index is 2.80. The van der Waals surface area contributed by atoms with Gasteiger partial charge in [0, 0.05) is 22.2 Å². The van der Waals surface area contributed by atoms with Crippen molar-refractivity contribution in [3.8, 4) is 0 Å². The van der Waals surface area contributed by atoms with E-state index in [0.717, 1.165) is 16.3 Å². The Hall–Kier alpha value is -0.180. The molecule has 1 rings (SSSR count). The normalized spacial score (nSPS) is 10.9. The molecule has 0 saturated carbocycles. The standard InChI is InChI=1S/C11H16ClNS/c1-8(2)7-14-11-5-3-4-10(12)9(11)6-13/h3-5,8H,6-7,13H2,1-2H3. The van der Waals surface area contributed by atoms with Crippen LogP contribution in [0, 0.1) is 5.92 Å². The third-order valence-electron chi connectivity index (χ3n) is 1.85. The van der Waals surface area contributed by atoms with Crippen molar-refractivity contribution in [3.05, 3.63) is 28.8 Å². The molecule has 0 radical (unpaired) electrons. The molecule has 0 bridgehead atoms. The first kappa shape index (κ1) is 11.9. The Bertz CT molecular complexity index is 299. The van der Waals surface area contributed by atoms with Crippen LogP contribution < -0.4 is 5.73 Å². The summed E-state index contributed by atoms with van der Waals surface area (Å²) in [5.74, 6) is 1.79. The van der Waals surface area contributed by atoms with Crippen molar-refractivity contribution in [2.45, 2.75) is 25.3 Å². The number of rotatable bonds is 4. The fourth-order valence-electron chi connectivity index (χ4n) is 1.13. The summed E-state index contributed by atoms with van der Waals surface area (Å²) < 4.78 is 0. The highest BCUT2D eigenvalue weighted by molar-refractivity contribution is 7.99. The molecule has 0 saturated heterocycles. The molecule has 0 aliphatic rings. The first-order chi connectivity index (χ1) is 6.65. The number of benzene rings is 1. The lowest BCUT2D eigenvalue weighted by Gasteiger charge is -2.10. The van der Waals surface area contributed by atoms with Gasteiger partial charge in [-0.3, -0.25) is 0 Å². The molecule has 0 aliphatic heterocycles. The van der Waals surface area contributed by atoms with Crippen molar-refractivity contribution in [1.82, 2.24) is 0 Å². The van der Waals surface area contributed by atoms with Crippen molar-refractivity contribution in [3.63, 3.8) is 0 Å². The van der Waals surface area contributed by atoms with Crippen LogP contribution in [0.5, 0.6) is 0 Å². The number of halogens is 1. The van der Waals surface area contributed by atoms with Gasteiger partial charge in [0.05, 0.1) is 0 Å². The van der Waals surface area contributed by atoms with Gasteiger partial charge in [-0.15, -0.1) is 11.8 Å². The smallest absolute Gasteiger partial charge is 0.0462 e. The van der Waals surface area contributed by atoms with E-state index >= 15 is 0 Å². The highest BCUT2D eigenvalue weighted by atomic mass is 35.5. The molecule has 78 valence electrons. The van der Waals surface area contributed by atoms with Gasteiger partial charge in [-0.25, -0.2) is 0 Å². The molecular weight excluding hydrogens is 214 g/mol. The second-order valence-corrected chi connectivity index (χ2v) is 5.09. The second kappa shape index (κ2) is 5.64. The molecule has 1 aromatic carbocycles. The SMILES string of the molecule is CC(C)CSc1cccc(Cl)c1CN. The summed E-state index contributed by atoms with van der Waals surface area (Å²) >= 11 is 7.88. The first-order valence-corrected chi connectivity index (χ1v) is 6.11. The minimum Gasteiger partial charge on any atom is -0.326 e. The van der Waals surface area contributed by atoms with Crippen LogP contribution in [0.3, 0.4) is 0 Å². The zero-order valence-corrected chi connectivity index (χ0v) is 10.2. The van der Waals surface area contributed by atoms with Crippen LogP contribution in [-0.4, -0.2) is 5.75 Å². The number of thioether (sulfide) groups is 1. The maximum absolute atomic E-state index is 6.05. The zero-order chi connectivity index (χ0) is 10.6. The Morgan fingerprint density at radius 1 is 1.43 bits per heavy atom. The quantitative estimate of drug-likeness (QED) is 0.800. The van der Waals surface area contributed by atoms with Gasteiger partial charge < -0.3 is 5.73 Å². The van der Waals surface area contributed by atoms with E-state index in [1.807, 2.05) is 23.9 Å². The van der Waals surface area contributed by atoms with Crippen molar-refractivity contribution in [2.24, 2.45) is 11.7 Å². The lowest BCUT2D eigenvalue weighted by molar-refractivity contribution is 0.750. The average molecular weight is 230 g/mol. The fraction of sp³-hybridized carbons (Fsp3) is 0.455. The van der Waals surface area contributed by atoms with Gasteiger partial charge in [0.2, 0.25) is 0 Å². The summed E-state index contributed by atoms with van der Waals surface area (Å²) in [7, 11) is 0. The minimum atomic E-state index is 0.514. The molecule has 0 fully saturated rings. The minimum absolute atomic E-state index is 0.514. The molecule has 0 unspecified atom stereocenters. The third-order valence-corrected chi connectivity index (χ3v) is 3.73. The van der Waals surface area contributed by atoms with Crippen molar-refractivity contribution < 1.29 is 0 Å². The van der Waals surface area contributed by atoms with Gasteiger partial charge in [0.25, 0.3) is 0 Å². The maximum Gasteiger partial charge on any atom is 0.0462 e. The highest BCUT2D eigenvalue weighted by Crippen LogP contribution is 2.29. The Morgan fingerprint density at radius 3 is 2.71 bits per heavy atom. The largest absolute Gasteiger partial charge is 0.326 e. The zero-order valence-electron chi connectivity index (χ0n) is 8.59. The van der Waals surface area contributed by atoms with Crippen LogP contribution in [0.15, 0.2) is 23.1 Å². The first-order valence-electron chi connectivity index (χ1n) is 4.75. The summed E-state index contributed by atoms with van der Waals surface area (Å²) in [5.41, 5.74) is 6.73. The van der Waals surface area contributed by atoms with E-state index < -0.39 is 0 Å². The number of hydrogen-bond acceptors (Lipinski definition) is 2. The van der Waals surface area contributed by atoms with Gasteiger partial charge in [0.1, 0.15) is 0 Å². The van der Waals surface area contributed by atoms with E-state index in [-0.39, 0.29) is 0 Å². The van der Waals surface area contributed by atoms with Crippen molar-refractivity contribution in [2.75, 3.05) is 5.75 Å². The van der Waals surface area contributed by atoms with Crippen LogP contribution in [0.4, 0.5) is 0 Å².